The number of anilines is 1. The lowest BCUT2D eigenvalue weighted by Crippen LogP contribution is -2.52. The van der Waals surface area contributed by atoms with Gasteiger partial charge >= 0.3 is 6.03 Å². The maximum Gasteiger partial charge on any atom is 0.334 e. The van der Waals surface area contributed by atoms with Crippen molar-refractivity contribution in [3.63, 3.8) is 0 Å². The highest BCUT2D eigenvalue weighted by molar-refractivity contribution is 8.23. The summed E-state index contributed by atoms with van der Waals surface area (Å²) in [6, 6.07) is 24.3. The molecule has 0 aliphatic heterocycles. The zero-order chi connectivity index (χ0) is 27.8. The maximum absolute atomic E-state index is 13.7. The fraction of sp³-hybridized carbons (Fsp3) is 0.172. The first-order valence-electron chi connectivity index (χ1n) is 12.3. The monoisotopic (exact) mass is 553 g/mol. The highest BCUT2D eigenvalue weighted by Crippen LogP contribution is 2.45. The predicted molar refractivity (Wildman–Crippen MR) is 156 cm³/mol. The Labute approximate surface area is 231 Å². The first-order chi connectivity index (χ1) is 18.8. The minimum atomic E-state index is -3.75. The van der Waals surface area contributed by atoms with Gasteiger partial charge in [-0.05, 0) is 61.0 Å². The summed E-state index contributed by atoms with van der Waals surface area (Å²) in [4.78, 5) is 28.4. The van der Waals surface area contributed by atoms with Crippen molar-refractivity contribution in [3.8, 4) is 17.1 Å². The summed E-state index contributed by atoms with van der Waals surface area (Å²) >= 11 is 0. The molecule has 1 heterocycles. The second-order valence-corrected chi connectivity index (χ2v) is 10.4. The van der Waals surface area contributed by atoms with Crippen LogP contribution in [0.4, 0.5) is 10.5 Å². The van der Waals surface area contributed by atoms with Crippen molar-refractivity contribution in [3.05, 3.63) is 103 Å². The minimum absolute atomic E-state index is 0. The Kier molecular flexibility index (Phi) is 8.92. The molecule has 39 heavy (non-hydrogen) atoms. The zero-order valence-corrected chi connectivity index (χ0v) is 22.4. The van der Waals surface area contributed by atoms with Crippen LogP contribution >= 0.6 is 10.8 Å². The third-order valence-corrected chi connectivity index (χ3v) is 7.44. The standard InChI is InChI=1S/C29H31N3O6S.2H2/c1-3-32(23-14-16-24(37-2)17-15-23)28(33)26(19-21-9-5-4-6-10-21)30-29(34)31-39(35,36)25-12-7-11-22(20-25)27-13-8-18-38-27;;/h4-18,20,26,35-36H,3,19H2,1-2H3,(H2,30,31,34);2*1H/t26-;;/m0../s1. The van der Waals surface area contributed by atoms with E-state index in [-0.39, 0.29) is 20.1 Å². The number of amides is 3. The van der Waals surface area contributed by atoms with Crippen molar-refractivity contribution >= 4 is 28.4 Å². The topological polar surface area (TPSA) is 124 Å². The smallest absolute Gasteiger partial charge is 0.334 e. The molecule has 10 heteroatoms. The summed E-state index contributed by atoms with van der Waals surface area (Å²) < 4.78 is 34.5. The van der Waals surface area contributed by atoms with E-state index in [1.165, 1.54) is 18.4 Å². The number of carbonyl (C=O) groups excluding carboxylic acids is 2. The molecule has 0 unspecified atom stereocenters. The molecule has 4 aromatic rings. The molecule has 1 atom stereocenters. The van der Waals surface area contributed by atoms with Crippen LogP contribution in [0.25, 0.3) is 11.3 Å². The lowest BCUT2D eigenvalue weighted by Gasteiger charge is -2.34. The molecule has 0 saturated heterocycles. The van der Waals surface area contributed by atoms with Crippen molar-refractivity contribution in [2.75, 3.05) is 18.6 Å². The van der Waals surface area contributed by atoms with E-state index < -0.39 is 22.8 Å². The Morgan fingerprint density at radius 2 is 1.74 bits per heavy atom. The SMILES string of the molecule is CCN(C(=O)[C@H](Cc1ccccc1)NC(=O)NS(O)(O)c1cccc(-c2ccco2)c1)c1ccc(OC)cc1.[HH].[HH]. The van der Waals surface area contributed by atoms with Gasteiger partial charge in [-0.2, -0.15) is 0 Å². The maximum atomic E-state index is 13.7. The molecule has 0 aliphatic carbocycles. The van der Waals surface area contributed by atoms with Crippen molar-refractivity contribution in [2.24, 2.45) is 0 Å². The van der Waals surface area contributed by atoms with E-state index >= 15 is 0 Å². The minimum Gasteiger partial charge on any atom is -0.497 e. The normalized spacial score (nSPS) is 12.3. The molecule has 0 radical (unpaired) electrons. The second kappa shape index (κ2) is 12.5. The highest BCUT2D eigenvalue weighted by Gasteiger charge is 2.29. The number of ether oxygens (including phenoxy) is 1. The van der Waals surface area contributed by atoms with E-state index in [1.807, 2.05) is 37.3 Å². The third-order valence-electron chi connectivity index (χ3n) is 6.06. The van der Waals surface area contributed by atoms with E-state index in [9.17, 15) is 18.7 Å². The van der Waals surface area contributed by atoms with Crippen LogP contribution in [0.3, 0.4) is 0 Å². The fourth-order valence-electron chi connectivity index (χ4n) is 4.11. The van der Waals surface area contributed by atoms with E-state index in [0.29, 0.717) is 29.3 Å². The largest absolute Gasteiger partial charge is 0.497 e. The van der Waals surface area contributed by atoms with Gasteiger partial charge in [0.2, 0.25) is 5.91 Å². The number of hydrogen-bond acceptors (Lipinski definition) is 6. The molecule has 0 bridgehead atoms. The van der Waals surface area contributed by atoms with Crippen molar-refractivity contribution in [1.29, 1.82) is 0 Å². The number of rotatable bonds is 10. The number of carbonyl (C=O) groups is 2. The molecule has 4 N–H and O–H groups in total. The van der Waals surface area contributed by atoms with Crippen LogP contribution < -0.4 is 19.7 Å². The van der Waals surface area contributed by atoms with Gasteiger partial charge < -0.3 is 19.4 Å². The van der Waals surface area contributed by atoms with Crippen LogP contribution in [-0.2, 0) is 11.2 Å². The number of hydrogen-bond donors (Lipinski definition) is 4. The van der Waals surface area contributed by atoms with Gasteiger partial charge in [0.1, 0.15) is 17.6 Å². The Morgan fingerprint density at radius 3 is 2.38 bits per heavy atom. The lowest BCUT2D eigenvalue weighted by molar-refractivity contribution is -0.120. The number of nitrogens with one attached hydrogen (secondary N) is 2. The highest BCUT2D eigenvalue weighted by atomic mass is 32.3. The first-order valence-corrected chi connectivity index (χ1v) is 13.8. The van der Waals surface area contributed by atoms with Crippen LogP contribution in [0.2, 0.25) is 0 Å². The first kappa shape index (κ1) is 27.8. The Morgan fingerprint density at radius 1 is 1.00 bits per heavy atom. The lowest BCUT2D eigenvalue weighted by atomic mass is 10.0. The molecule has 0 saturated carbocycles. The molecular formula is C29H35N3O6S. The van der Waals surface area contributed by atoms with E-state index in [4.69, 9.17) is 9.15 Å². The zero-order valence-electron chi connectivity index (χ0n) is 21.6. The summed E-state index contributed by atoms with van der Waals surface area (Å²) in [5.41, 5.74) is 2.09. The number of urea groups is 1. The van der Waals surface area contributed by atoms with Gasteiger partial charge in [0.25, 0.3) is 0 Å². The van der Waals surface area contributed by atoms with Gasteiger partial charge in [-0.3, -0.25) is 13.9 Å². The van der Waals surface area contributed by atoms with E-state index in [1.54, 1.807) is 60.5 Å². The number of nitrogens with zero attached hydrogens (tertiary/aromatic N) is 1. The predicted octanol–water partition coefficient (Wildman–Crippen LogP) is 6.44. The third kappa shape index (κ3) is 6.99. The van der Waals surface area contributed by atoms with Gasteiger partial charge in [-0.25, -0.2) is 9.52 Å². The fourth-order valence-corrected chi connectivity index (χ4v) is 5.11. The average Bonchev–Trinajstić information content (AvgIpc) is 3.49. The summed E-state index contributed by atoms with van der Waals surface area (Å²) in [6.07, 6.45) is 1.72. The van der Waals surface area contributed by atoms with Crippen LogP contribution in [0.15, 0.2) is 107 Å². The summed E-state index contributed by atoms with van der Waals surface area (Å²) in [5.74, 6) is 0.850. The summed E-state index contributed by atoms with van der Waals surface area (Å²) in [6.45, 7) is 2.19. The Hall–Kier alpha value is -4.25. The van der Waals surface area contributed by atoms with E-state index in [2.05, 4.69) is 10.0 Å². The van der Waals surface area contributed by atoms with Crippen LogP contribution in [0, 0.1) is 0 Å². The van der Waals surface area contributed by atoms with Crippen LogP contribution in [0.1, 0.15) is 15.3 Å². The van der Waals surface area contributed by atoms with Crippen LogP contribution in [-0.4, -0.2) is 40.7 Å². The van der Waals surface area contributed by atoms with Crippen molar-refractivity contribution < 1.29 is 30.7 Å². The summed E-state index contributed by atoms with van der Waals surface area (Å²) in [7, 11) is -2.18. The quantitative estimate of drug-likeness (QED) is 0.179. The second-order valence-electron chi connectivity index (χ2n) is 8.65. The molecule has 3 amide bonds. The number of methoxy groups -OCH3 is 1. The molecular weight excluding hydrogens is 518 g/mol. The average molecular weight is 554 g/mol. The summed E-state index contributed by atoms with van der Waals surface area (Å²) in [5, 5.41) is 2.66. The van der Waals surface area contributed by atoms with Crippen molar-refractivity contribution in [1.82, 2.24) is 10.0 Å². The number of furan rings is 1. The van der Waals surface area contributed by atoms with Gasteiger partial charge in [0.15, 0.2) is 0 Å². The molecule has 0 spiro atoms. The molecule has 1 aromatic heterocycles. The Bertz CT molecular complexity index is 1390. The molecule has 208 valence electrons. The van der Waals surface area contributed by atoms with E-state index in [0.717, 1.165) is 5.56 Å². The molecule has 0 aliphatic rings. The van der Waals surface area contributed by atoms with Gasteiger partial charge in [0, 0.05) is 27.1 Å². The van der Waals surface area contributed by atoms with Gasteiger partial charge in [-0.1, -0.05) is 53.2 Å². The van der Waals surface area contributed by atoms with Crippen molar-refractivity contribution in [2.45, 2.75) is 24.3 Å². The molecule has 3 aromatic carbocycles. The Balaban J connectivity index is 0.00000294. The van der Waals surface area contributed by atoms with Crippen LogP contribution in [0.5, 0.6) is 5.75 Å². The molecule has 4 rings (SSSR count). The number of benzene rings is 3. The number of likely N-dealkylation sites (N-methyl/N-ethyl adjacent to an activating group) is 1. The van der Waals surface area contributed by atoms with Gasteiger partial charge in [-0.15, -0.1) is 0 Å². The van der Waals surface area contributed by atoms with Gasteiger partial charge in [0.05, 0.1) is 18.3 Å². The molecule has 0 fully saturated rings. The molecule has 9 nitrogen and oxygen atoms in total.